The van der Waals surface area contributed by atoms with E-state index in [1.165, 1.54) is 21.5 Å². The van der Waals surface area contributed by atoms with Crippen LogP contribution in [0.3, 0.4) is 0 Å². The van der Waals surface area contributed by atoms with Crippen molar-refractivity contribution in [1.29, 1.82) is 0 Å². The molecule has 1 aliphatic rings. The molecule has 1 N–H and O–H groups in total. The van der Waals surface area contributed by atoms with Gasteiger partial charge in [-0.2, -0.15) is 0 Å². The van der Waals surface area contributed by atoms with Crippen LogP contribution < -0.4 is 10.4 Å². The maximum absolute atomic E-state index is 12.9. The molecule has 230 valence electrons. The van der Waals surface area contributed by atoms with Crippen LogP contribution in [0.15, 0.2) is 146 Å². The van der Waals surface area contributed by atoms with Crippen LogP contribution in [0.5, 0.6) is 0 Å². The second-order valence-corrected chi connectivity index (χ2v) is 15.9. The summed E-state index contributed by atoms with van der Waals surface area (Å²) in [5, 5.41) is 15.5. The van der Waals surface area contributed by atoms with E-state index in [-0.39, 0.29) is 17.4 Å². The van der Waals surface area contributed by atoms with Crippen LogP contribution in [0.25, 0.3) is 11.1 Å². The first-order valence-electron chi connectivity index (χ1n) is 16.2. The molecule has 5 aromatic carbocycles. The third-order valence-electron chi connectivity index (χ3n) is 9.32. The third-order valence-corrected chi connectivity index (χ3v) is 11.9. The van der Waals surface area contributed by atoms with Gasteiger partial charge in [-0.25, -0.2) is 0 Å². The smallest absolute Gasteiger partial charge is 0.240 e. The molecule has 0 spiro atoms. The van der Waals surface area contributed by atoms with E-state index in [0.29, 0.717) is 6.42 Å². The average molecular weight is 612 g/mol. The van der Waals surface area contributed by atoms with E-state index in [1.807, 2.05) is 6.07 Å². The van der Waals surface area contributed by atoms with Crippen LogP contribution in [0, 0.1) is 11.3 Å². The van der Waals surface area contributed by atoms with E-state index in [9.17, 15) is 5.11 Å². The Hall–Kier alpha value is -3.80. The quantitative estimate of drug-likeness (QED) is 0.182. The number of likely N-dealkylation sites (tertiary alicyclic amines) is 1. The van der Waals surface area contributed by atoms with Gasteiger partial charge in [-0.3, -0.25) is 4.90 Å². The van der Waals surface area contributed by atoms with E-state index in [1.54, 1.807) is 0 Å². The summed E-state index contributed by atoms with van der Waals surface area (Å²) in [6, 6.07) is 51.2. The van der Waals surface area contributed by atoms with Gasteiger partial charge < -0.3 is 9.53 Å². The highest BCUT2D eigenvalue weighted by atomic mass is 28.3. The number of hydrogen-bond acceptors (Lipinski definition) is 3. The molecule has 3 unspecified atom stereocenters. The molecule has 1 heterocycles. The molecule has 1 saturated heterocycles. The Morgan fingerprint density at radius 2 is 1.20 bits per heavy atom. The minimum absolute atomic E-state index is 0.139. The zero-order valence-electron chi connectivity index (χ0n) is 26.7. The van der Waals surface area contributed by atoms with Crippen molar-refractivity contribution < 1.29 is 9.53 Å². The minimum Gasteiger partial charge on any atom is -0.407 e. The molecule has 45 heavy (non-hydrogen) atoms. The molecule has 4 heteroatoms. The van der Waals surface area contributed by atoms with Crippen LogP contribution >= 0.6 is 0 Å². The topological polar surface area (TPSA) is 32.7 Å². The lowest BCUT2D eigenvalue weighted by Gasteiger charge is -2.51. The summed E-state index contributed by atoms with van der Waals surface area (Å²) in [6.45, 7) is 9.24. The summed E-state index contributed by atoms with van der Waals surface area (Å²) in [6.07, 6.45) is 0.459. The maximum Gasteiger partial charge on any atom is 0.240 e. The van der Waals surface area contributed by atoms with Crippen LogP contribution in [-0.2, 0) is 16.6 Å². The van der Waals surface area contributed by atoms with Crippen molar-refractivity contribution >= 4 is 19.4 Å². The number of rotatable bonds is 9. The highest BCUT2D eigenvalue weighted by Gasteiger charge is 2.50. The molecule has 1 fully saturated rings. The van der Waals surface area contributed by atoms with Crippen LogP contribution in [0.2, 0.25) is 0 Å². The second-order valence-electron chi connectivity index (χ2n) is 13.6. The van der Waals surface area contributed by atoms with Crippen molar-refractivity contribution in [2.75, 3.05) is 13.1 Å². The molecule has 0 radical (unpaired) electrons. The first-order chi connectivity index (χ1) is 21.8. The van der Waals surface area contributed by atoms with Crippen molar-refractivity contribution in [3.63, 3.8) is 0 Å². The molecule has 0 amide bonds. The van der Waals surface area contributed by atoms with Crippen LogP contribution in [-0.4, -0.2) is 38.2 Å². The summed E-state index contributed by atoms with van der Waals surface area (Å²) in [5.41, 5.74) is 3.36. The summed E-state index contributed by atoms with van der Waals surface area (Å²) in [5.74, 6) is -0.139. The van der Waals surface area contributed by atoms with Gasteiger partial charge in [0.2, 0.25) is 9.04 Å². The number of piperidine rings is 1. The van der Waals surface area contributed by atoms with Crippen molar-refractivity contribution in [2.24, 2.45) is 11.3 Å². The average Bonchev–Trinajstić information content (AvgIpc) is 3.07. The van der Waals surface area contributed by atoms with E-state index < -0.39 is 14.6 Å². The van der Waals surface area contributed by atoms with Gasteiger partial charge in [-0.15, -0.1) is 0 Å². The highest BCUT2D eigenvalue weighted by Crippen LogP contribution is 2.45. The highest BCUT2D eigenvalue weighted by molar-refractivity contribution is 6.80. The lowest BCUT2D eigenvalue weighted by atomic mass is 9.67. The number of benzene rings is 5. The molecular weight excluding hydrogens is 567 g/mol. The Morgan fingerprint density at radius 3 is 1.73 bits per heavy atom. The third kappa shape index (κ3) is 7.21. The number of nitrogens with zero attached hydrogens (tertiary/aromatic N) is 1. The molecule has 0 aromatic heterocycles. The maximum atomic E-state index is 12.9. The van der Waals surface area contributed by atoms with Gasteiger partial charge in [0.15, 0.2) is 0 Å². The monoisotopic (exact) mass is 611 g/mol. The Kier molecular flexibility index (Phi) is 9.48. The van der Waals surface area contributed by atoms with Crippen LogP contribution in [0.4, 0.5) is 0 Å². The summed E-state index contributed by atoms with van der Waals surface area (Å²) in [4.78, 5) is 2.51. The van der Waals surface area contributed by atoms with Gasteiger partial charge in [0, 0.05) is 25.6 Å². The van der Waals surface area contributed by atoms with Crippen molar-refractivity contribution in [3.8, 4) is 11.1 Å². The molecule has 0 aliphatic carbocycles. The summed E-state index contributed by atoms with van der Waals surface area (Å²) >= 11 is 0. The van der Waals surface area contributed by atoms with Gasteiger partial charge >= 0.3 is 0 Å². The zero-order chi connectivity index (χ0) is 31.3. The SMILES string of the molecule is CC(C)(C)C(O[SiH](c1ccccc1)c1ccccc1)C1CN(Cc2ccccc2)CCC1(O)c1ccc(-c2ccccc2)cc1. The number of hydrogen-bond donors (Lipinski definition) is 1. The van der Waals surface area contributed by atoms with Gasteiger partial charge in [-0.1, -0.05) is 166 Å². The van der Waals surface area contributed by atoms with Crippen molar-refractivity contribution in [1.82, 2.24) is 4.90 Å². The van der Waals surface area contributed by atoms with E-state index in [2.05, 4.69) is 165 Å². The first-order valence-corrected chi connectivity index (χ1v) is 17.8. The predicted octanol–water partition coefficient (Wildman–Crippen LogP) is 7.03. The van der Waals surface area contributed by atoms with Crippen molar-refractivity contribution in [3.05, 3.63) is 157 Å². The molecule has 1 aliphatic heterocycles. The number of aliphatic hydroxyl groups is 1. The van der Waals surface area contributed by atoms with Crippen LogP contribution in [0.1, 0.15) is 38.3 Å². The normalized spacial score (nSPS) is 19.8. The molecule has 3 atom stereocenters. The predicted molar refractivity (Wildman–Crippen MR) is 189 cm³/mol. The largest absolute Gasteiger partial charge is 0.407 e. The lowest BCUT2D eigenvalue weighted by molar-refractivity contribution is -0.138. The fourth-order valence-corrected chi connectivity index (χ4v) is 9.69. The van der Waals surface area contributed by atoms with E-state index in [0.717, 1.165) is 30.8 Å². The Morgan fingerprint density at radius 1 is 0.711 bits per heavy atom. The Labute approximate surface area is 270 Å². The van der Waals surface area contributed by atoms with Gasteiger partial charge in [0.1, 0.15) is 0 Å². The molecule has 0 bridgehead atoms. The zero-order valence-corrected chi connectivity index (χ0v) is 27.9. The molecule has 6 rings (SSSR count). The van der Waals surface area contributed by atoms with Gasteiger partial charge in [0.25, 0.3) is 0 Å². The lowest BCUT2D eigenvalue weighted by Crippen LogP contribution is -2.60. The fourth-order valence-electron chi connectivity index (χ4n) is 6.96. The molecule has 3 nitrogen and oxygen atoms in total. The standard InChI is InChI=1S/C41H45NO2Si/c1-40(2,3)39(44-45(36-20-12-6-13-21-36)37-22-14-7-15-23-37)38-31-42(30-32-16-8-4-9-17-32)29-28-41(38,43)35-26-24-34(25-27-35)33-18-10-5-11-19-33/h4-27,38-39,43,45H,28-31H2,1-3H3. The molecule has 5 aromatic rings. The molecule has 0 saturated carbocycles. The Balaban J connectivity index is 1.40. The molecular formula is C41H45NO2Si. The van der Waals surface area contributed by atoms with Crippen molar-refractivity contribution in [2.45, 2.75) is 45.4 Å². The van der Waals surface area contributed by atoms with Gasteiger partial charge in [-0.05, 0) is 44.5 Å². The minimum atomic E-state index is -2.10. The second kappa shape index (κ2) is 13.7. The van der Waals surface area contributed by atoms with Gasteiger partial charge in [0.05, 0.1) is 11.7 Å². The fraction of sp³-hybridized carbons (Fsp3) is 0.268. The van der Waals surface area contributed by atoms with E-state index in [4.69, 9.17) is 4.43 Å². The van der Waals surface area contributed by atoms with E-state index >= 15 is 0 Å². The first kappa shape index (κ1) is 31.2. The Bertz CT molecular complexity index is 1580. The summed E-state index contributed by atoms with van der Waals surface area (Å²) in [7, 11) is -2.10. The summed E-state index contributed by atoms with van der Waals surface area (Å²) < 4.78 is 7.49.